The van der Waals surface area contributed by atoms with E-state index in [2.05, 4.69) is 0 Å². The molecule has 0 saturated heterocycles. The van der Waals surface area contributed by atoms with E-state index in [0.717, 1.165) is 0 Å². The molecule has 0 spiro atoms. The van der Waals surface area contributed by atoms with Crippen LogP contribution < -0.4 is 10.4 Å². The first-order chi connectivity index (χ1) is 9.11. The molecule has 0 radical (unpaired) electrons. The lowest BCUT2D eigenvalue weighted by Gasteiger charge is -2.13. The molecule has 5 heteroatoms. The Morgan fingerprint density at radius 2 is 2.05 bits per heavy atom. The molecule has 0 aliphatic carbocycles. The van der Waals surface area contributed by atoms with Gasteiger partial charge in [0.25, 0.3) is 0 Å². The van der Waals surface area contributed by atoms with E-state index >= 15 is 0 Å². The summed E-state index contributed by atoms with van der Waals surface area (Å²) < 4.78 is 10.4. The zero-order valence-electron chi connectivity index (χ0n) is 10.6. The molecule has 1 atom stereocenters. The van der Waals surface area contributed by atoms with E-state index in [0.29, 0.717) is 18.4 Å². The second-order valence-electron chi connectivity index (χ2n) is 4.51. The molecule has 0 unspecified atom stereocenters. The van der Waals surface area contributed by atoms with Crippen molar-refractivity contribution >= 4 is 11.0 Å². The highest BCUT2D eigenvalue weighted by Gasteiger charge is 2.11. The molecular formula is C14H16O5. The van der Waals surface area contributed by atoms with E-state index in [1.807, 2.05) is 6.92 Å². The molecule has 0 aliphatic heterocycles. The predicted octanol–water partition coefficient (Wildman–Crippen LogP) is 1.90. The topological polar surface area (TPSA) is 79.9 Å². The van der Waals surface area contributed by atoms with Gasteiger partial charge in [-0.2, -0.15) is 0 Å². The van der Waals surface area contributed by atoms with E-state index in [1.54, 1.807) is 18.2 Å². The van der Waals surface area contributed by atoms with Gasteiger partial charge in [0.1, 0.15) is 0 Å². The van der Waals surface area contributed by atoms with Crippen LogP contribution in [0.25, 0.3) is 11.0 Å². The average Bonchev–Trinajstić information content (AvgIpc) is 2.39. The van der Waals surface area contributed by atoms with Crippen LogP contribution in [0.5, 0.6) is 11.5 Å². The lowest BCUT2D eigenvalue weighted by Crippen LogP contribution is -2.10. The Balaban J connectivity index is 2.24. The van der Waals surface area contributed by atoms with Gasteiger partial charge in [0.15, 0.2) is 11.3 Å². The lowest BCUT2D eigenvalue weighted by molar-refractivity contribution is 0.204. The summed E-state index contributed by atoms with van der Waals surface area (Å²) in [7, 11) is 0. The minimum atomic E-state index is -0.520. The zero-order valence-corrected chi connectivity index (χ0v) is 10.6. The summed E-state index contributed by atoms with van der Waals surface area (Å²) in [6.45, 7) is 2.41. The summed E-state index contributed by atoms with van der Waals surface area (Å²) in [6, 6.07) is 6.22. The first-order valence-electron chi connectivity index (χ1n) is 6.11. The molecule has 0 saturated carbocycles. The Morgan fingerprint density at radius 3 is 2.79 bits per heavy atom. The fraction of sp³-hybridized carbons (Fsp3) is 0.357. The minimum Gasteiger partial charge on any atom is -0.502 e. The van der Waals surface area contributed by atoms with Crippen molar-refractivity contribution in [3.8, 4) is 11.5 Å². The summed E-state index contributed by atoms with van der Waals surface area (Å²) in [5.41, 5.74) is -0.395. The normalized spacial score (nSPS) is 12.5. The van der Waals surface area contributed by atoms with Crippen LogP contribution in [0.4, 0.5) is 0 Å². The summed E-state index contributed by atoms with van der Waals surface area (Å²) >= 11 is 0. The third-order valence-corrected chi connectivity index (χ3v) is 2.87. The van der Waals surface area contributed by atoms with Crippen LogP contribution in [0.2, 0.25) is 0 Å². The summed E-state index contributed by atoms with van der Waals surface area (Å²) in [5.74, 6) is 0.265. The highest BCUT2D eigenvalue weighted by molar-refractivity contribution is 5.84. The Labute approximate surface area is 110 Å². The van der Waals surface area contributed by atoms with E-state index in [1.165, 1.54) is 6.07 Å². The monoisotopic (exact) mass is 264 g/mol. The number of ether oxygens (including phenoxy) is 1. The standard InChI is InChI=1S/C14H16O5/c1-9(6-7-15)8-18-11-4-2-10-3-5-12(16)19-14(10)13(11)17/h2-5,9,15,17H,6-8H2,1H3/t9-/m1/s1. The van der Waals surface area contributed by atoms with Crippen LogP contribution in [0.3, 0.4) is 0 Å². The Kier molecular flexibility index (Phi) is 4.06. The quantitative estimate of drug-likeness (QED) is 0.806. The third kappa shape index (κ3) is 3.06. The van der Waals surface area contributed by atoms with Crippen LogP contribution in [-0.4, -0.2) is 23.4 Å². The molecule has 2 N–H and O–H groups in total. The van der Waals surface area contributed by atoms with Crippen LogP contribution in [-0.2, 0) is 0 Å². The maximum Gasteiger partial charge on any atom is 0.336 e. The Hall–Kier alpha value is -2.01. The number of benzene rings is 1. The van der Waals surface area contributed by atoms with E-state index in [4.69, 9.17) is 14.3 Å². The third-order valence-electron chi connectivity index (χ3n) is 2.87. The minimum absolute atomic E-state index is 0.100. The molecule has 0 bridgehead atoms. The highest BCUT2D eigenvalue weighted by atomic mass is 16.5. The molecule has 0 amide bonds. The number of aromatic hydroxyl groups is 1. The van der Waals surface area contributed by atoms with E-state index in [9.17, 15) is 9.90 Å². The Morgan fingerprint density at radius 1 is 1.32 bits per heavy atom. The van der Waals surface area contributed by atoms with Gasteiger partial charge in [-0.25, -0.2) is 4.79 Å². The van der Waals surface area contributed by atoms with E-state index in [-0.39, 0.29) is 29.6 Å². The molecule has 5 nitrogen and oxygen atoms in total. The second kappa shape index (κ2) is 5.75. The number of rotatable bonds is 5. The van der Waals surface area contributed by atoms with Gasteiger partial charge in [-0.1, -0.05) is 6.92 Å². The number of aliphatic hydroxyl groups is 1. The second-order valence-corrected chi connectivity index (χ2v) is 4.51. The number of hydrogen-bond acceptors (Lipinski definition) is 5. The van der Waals surface area contributed by atoms with Crippen molar-refractivity contribution in [3.63, 3.8) is 0 Å². The molecule has 19 heavy (non-hydrogen) atoms. The van der Waals surface area contributed by atoms with Gasteiger partial charge >= 0.3 is 5.63 Å². The van der Waals surface area contributed by atoms with Gasteiger partial charge in [0.2, 0.25) is 5.75 Å². The number of phenolic OH excluding ortho intramolecular Hbond substituents is 1. The maximum absolute atomic E-state index is 11.2. The Bertz CT molecular complexity index is 617. The molecule has 2 rings (SSSR count). The van der Waals surface area contributed by atoms with Gasteiger partial charge in [-0.05, 0) is 30.5 Å². The molecule has 2 aromatic rings. The van der Waals surface area contributed by atoms with Gasteiger partial charge in [-0.3, -0.25) is 0 Å². The maximum atomic E-state index is 11.2. The lowest BCUT2D eigenvalue weighted by atomic mass is 10.1. The zero-order chi connectivity index (χ0) is 13.8. The number of fused-ring (bicyclic) bond motifs is 1. The van der Waals surface area contributed by atoms with Crippen LogP contribution in [0, 0.1) is 5.92 Å². The summed E-state index contributed by atoms with van der Waals surface area (Å²) in [6.07, 6.45) is 0.628. The first kappa shape index (κ1) is 13.4. The largest absolute Gasteiger partial charge is 0.502 e. The molecule has 1 heterocycles. The van der Waals surface area contributed by atoms with Crippen molar-refractivity contribution in [2.45, 2.75) is 13.3 Å². The average molecular weight is 264 g/mol. The number of phenols is 1. The van der Waals surface area contributed by atoms with Crippen molar-refractivity contribution < 1.29 is 19.4 Å². The highest BCUT2D eigenvalue weighted by Crippen LogP contribution is 2.33. The van der Waals surface area contributed by atoms with Crippen molar-refractivity contribution in [1.82, 2.24) is 0 Å². The predicted molar refractivity (Wildman–Crippen MR) is 70.5 cm³/mol. The van der Waals surface area contributed by atoms with Gasteiger partial charge in [-0.15, -0.1) is 0 Å². The number of hydrogen-bond donors (Lipinski definition) is 2. The van der Waals surface area contributed by atoms with Crippen LogP contribution >= 0.6 is 0 Å². The molecule has 1 aromatic carbocycles. The van der Waals surface area contributed by atoms with Crippen LogP contribution in [0.15, 0.2) is 33.5 Å². The molecule has 1 aromatic heterocycles. The SMILES string of the molecule is C[C@H](CCO)COc1ccc2ccc(=O)oc2c1O. The van der Waals surface area contributed by atoms with Crippen molar-refractivity contribution in [2.24, 2.45) is 5.92 Å². The van der Waals surface area contributed by atoms with Gasteiger partial charge in [0, 0.05) is 18.1 Å². The number of aliphatic hydroxyl groups excluding tert-OH is 1. The van der Waals surface area contributed by atoms with Gasteiger partial charge in [0.05, 0.1) is 6.61 Å². The fourth-order valence-corrected chi connectivity index (χ4v) is 1.75. The van der Waals surface area contributed by atoms with Crippen molar-refractivity contribution in [2.75, 3.05) is 13.2 Å². The fourth-order valence-electron chi connectivity index (χ4n) is 1.75. The van der Waals surface area contributed by atoms with Crippen molar-refractivity contribution in [1.29, 1.82) is 0 Å². The van der Waals surface area contributed by atoms with Gasteiger partial charge < -0.3 is 19.4 Å². The van der Waals surface area contributed by atoms with Crippen LogP contribution in [0.1, 0.15) is 13.3 Å². The van der Waals surface area contributed by atoms with E-state index < -0.39 is 5.63 Å². The molecule has 0 fully saturated rings. The first-order valence-corrected chi connectivity index (χ1v) is 6.11. The molecule has 102 valence electrons. The summed E-state index contributed by atoms with van der Waals surface area (Å²) in [5, 5.41) is 19.4. The van der Waals surface area contributed by atoms with Crippen molar-refractivity contribution in [3.05, 3.63) is 34.7 Å². The molecular weight excluding hydrogens is 248 g/mol. The smallest absolute Gasteiger partial charge is 0.336 e. The molecule has 0 aliphatic rings. The summed E-state index contributed by atoms with van der Waals surface area (Å²) in [4.78, 5) is 11.2.